The quantitative estimate of drug-likeness (QED) is 0.861. The number of hydrogen-bond acceptors (Lipinski definition) is 4. The molecule has 22 heavy (non-hydrogen) atoms. The second-order valence-electron chi connectivity index (χ2n) is 4.65. The lowest BCUT2D eigenvalue weighted by atomic mass is 10.1. The van der Waals surface area contributed by atoms with Crippen molar-refractivity contribution < 1.29 is 19.1 Å². The van der Waals surface area contributed by atoms with Crippen molar-refractivity contribution in [3.05, 3.63) is 53.6 Å². The zero-order valence-electron chi connectivity index (χ0n) is 12.7. The summed E-state index contributed by atoms with van der Waals surface area (Å²) in [7, 11) is 3.08. The molecular weight excluding hydrogens is 282 g/mol. The second-order valence-corrected chi connectivity index (χ2v) is 4.65. The maximum Gasteiger partial charge on any atom is 0.255 e. The van der Waals surface area contributed by atoms with Crippen molar-refractivity contribution in [1.29, 1.82) is 0 Å². The molecule has 0 aliphatic rings. The summed E-state index contributed by atoms with van der Waals surface area (Å²) < 4.78 is 10.1. The highest BCUT2D eigenvalue weighted by molar-refractivity contribution is 6.09. The van der Waals surface area contributed by atoms with Gasteiger partial charge in [0.25, 0.3) is 5.91 Å². The van der Waals surface area contributed by atoms with E-state index in [2.05, 4.69) is 5.32 Å². The van der Waals surface area contributed by atoms with Crippen LogP contribution in [0.2, 0.25) is 0 Å². The minimum atomic E-state index is -0.296. The monoisotopic (exact) mass is 299 g/mol. The number of hydrogen-bond donors (Lipinski definition) is 1. The van der Waals surface area contributed by atoms with Crippen LogP contribution in [0.3, 0.4) is 0 Å². The van der Waals surface area contributed by atoms with Gasteiger partial charge < -0.3 is 14.8 Å². The summed E-state index contributed by atoms with van der Waals surface area (Å²) in [6, 6.07) is 11.7. The first kappa shape index (κ1) is 15.6. The molecule has 5 nitrogen and oxygen atoms in total. The Morgan fingerprint density at radius 3 is 2.05 bits per heavy atom. The highest BCUT2D eigenvalue weighted by Crippen LogP contribution is 2.23. The van der Waals surface area contributed by atoms with Gasteiger partial charge in [-0.2, -0.15) is 0 Å². The van der Waals surface area contributed by atoms with Gasteiger partial charge in [0.05, 0.1) is 19.9 Å². The summed E-state index contributed by atoms with van der Waals surface area (Å²) in [4.78, 5) is 24.0. The summed E-state index contributed by atoms with van der Waals surface area (Å²) in [6.07, 6.45) is 0. The Balaban J connectivity index is 2.25. The lowest BCUT2D eigenvalue weighted by Gasteiger charge is -2.11. The minimum Gasteiger partial charge on any atom is -0.497 e. The van der Waals surface area contributed by atoms with Gasteiger partial charge in [-0.1, -0.05) is 0 Å². The molecule has 0 heterocycles. The molecule has 1 N–H and O–H groups in total. The van der Waals surface area contributed by atoms with Gasteiger partial charge in [-0.05, 0) is 49.4 Å². The molecular formula is C17H17NO4. The standard InChI is InChI=1S/C17H17NO4/c1-11(19)15-10-14(22-3)8-9-16(15)18-17(20)12-4-6-13(21-2)7-5-12/h4-10H,1-3H3,(H,18,20). The van der Waals surface area contributed by atoms with Crippen molar-refractivity contribution in [2.45, 2.75) is 6.92 Å². The molecule has 0 aliphatic carbocycles. The molecule has 114 valence electrons. The molecule has 1 amide bonds. The normalized spacial score (nSPS) is 9.95. The number of rotatable bonds is 5. The average molecular weight is 299 g/mol. The van der Waals surface area contributed by atoms with E-state index in [0.29, 0.717) is 28.3 Å². The van der Waals surface area contributed by atoms with Gasteiger partial charge in [-0.15, -0.1) is 0 Å². The van der Waals surface area contributed by atoms with Gasteiger partial charge in [-0.25, -0.2) is 0 Å². The van der Waals surface area contributed by atoms with Crippen LogP contribution in [0.1, 0.15) is 27.6 Å². The molecule has 5 heteroatoms. The summed E-state index contributed by atoms with van der Waals surface area (Å²) >= 11 is 0. The molecule has 0 fully saturated rings. The smallest absolute Gasteiger partial charge is 0.255 e. The zero-order chi connectivity index (χ0) is 16.1. The van der Waals surface area contributed by atoms with Crippen molar-refractivity contribution in [2.75, 3.05) is 19.5 Å². The molecule has 0 bridgehead atoms. The fourth-order valence-electron chi connectivity index (χ4n) is 1.99. The van der Waals surface area contributed by atoms with Crippen molar-refractivity contribution in [2.24, 2.45) is 0 Å². The fraction of sp³-hybridized carbons (Fsp3) is 0.176. The van der Waals surface area contributed by atoms with E-state index in [1.54, 1.807) is 49.6 Å². The largest absolute Gasteiger partial charge is 0.497 e. The van der Waals surface area contributed by atoms with Crippen LogP contribution in [0.4, 0.5) is 5.69 Å². The molecule has 0 spiro atoms. The van der Waals surface area contributed by atoms with E-state index in [9.17, 15) is 9.59 Å². The number of carbonyl (C=O) groups is 2. The van der Waals surface area contributed by atoms with Crippen LogP contribution < -0.4 is 14.8 Å². The topological polar surface area (TPSA) is 64.6 Å². The van der Waals surface area contributed by atoms with Crippen LogP contribution in [0, 0.1) is 0 Å². The third kappa shape index (κ3) is 3.44. The van der Waals surface area contributed by atoms with Gasteiger partial charge >= 0.3 is 0 Å². The Labute approximate surface area is 128 Å². The van der Waals surface area contributed by atoms with E-state index in [4.69, 9.17) is 9.47 Å². The van der Waals surface area contributed by atoms with E-state index in [1.807, 2.05) is 0 Å². The predicted octanol–water partition coefficient (Wildman–Crippen LogP) is 3.16. The third-order valence-corrected chi connectivity index (χ3v) is 3.21. The number of benzene rings is 2. The molecule has 0 atom stereocenters. The summed E-state index contributed by atoms with van der Waals surface area (Å²) in [6.45, 7) is 1.44. The van der Waals surface area contributed by atoms with Crippen molar-refractivity contribution in [1.82, 2.24) is 0 Å². The van der Waals surface area contributed by atoms with Gasteiger partial charge in [0, 0.05) is 11.1 Å². The maximum atomic E-state index is 12.2. The van der Waals surface area contributed by atoms with Crippen LogP contribution in [-0.2, 0) is 0 Å². The lowest BCUT2D eigenvalue weighted by Crippen LogP contribution is -2.14. The summed E-state index contributed by atoms with van der Waals surface area (Å²) in [5.41, 5.74) is 1.33. The van der Waals surface area contributed by atoms with Crippen LogP contribution in [0.25, 0.3) is 0 Å². The molecule has 2 aromatic rings. The molecule has 2 rings (SSSR count). The zero-order valence-corrected chi connectivity index (χ0v) is 12.7. The Bertz CT molecular complexity index is 692. The van der Waals surface area contributed by atoms with Crippen LogP contribution >= 0.6 is 0 Å². The first-order valence-corrected chi connectivity index (χ1v) is 6.69. The van der Waals surface area contributed by atoms with E-state index in [0.717, 1.165) is 0 Å². The molecule has 0 unspecified atom stereocenters. The minimum absolute atomic E-state index is 0.149. The first-order valence-electron chi connectivity index (χ1n) is 6.69. The molecule has 0 aliphatic heterocycles. The van der Waals surface area contributed by atoms with Crippen LogP contribution in [-0.4, -0.2) is 25.9 Å². The molecule has 0 aromatic heterocycles. The molecule has 0 saturated carbocycles. The van der Waals surface area contributed by atoms with Gasteiger partial charge in [0.2, 0.25) is 0 Å². The Morgan fingerprint density at radius 1 is 0.909 bits per heavy atom. The molecule has 2 aromatic carbocycles. The van der Waals surface area contributed by atoms with Gasteiger partial charge in [0.15, 0.2) is 5.78 Å². The van der Waals surface area contributed by atoms with Crippen LogP contribution in [0.5, 0.6) is 11.5 Å². The van der Waals surface area contributed by atoms with E-state index in [-0.39, 0.29) is 11.7 Å². The number of ether oxygens (including phenoxy) is 2. The fourth-order valence-corrected chi connectivity index (χ4v) is 1.99. The predicted molar refractivity (Wildman–Crippen MR) is 83.9 cm³/mol. The van der Waals surface area contributed by atoms with E-state index >= 15 is 0 Å². The van der Waals surface area contributed by atoms with Crippen molar-refractivity contribution >= 4 is 17.4 Å². The summed E-state index contributed by atoms with van der Waals surface area (Å²) in [5.74, 6) is 0.789. The first-order chi connectivity index (χ1) is 10.5. The van der Waals surface area contributed by atoms with Gasteiger partial charge in [0.1, 0.15) is 11.5 Å². The number of carbonyl (C=O) groups excluding carboxylic acids is 2. The number of anilines is 1. The van der Waals surface area contributed by atoms with Crippen LogP contribution in [0.15, 0.2) is 42.5 Å². The Morgan fingerprint density at radius 2 is 1.50 bits per heavy atom. The average Bonchev–Trinajstić information content (AvgIpc) is 2.55. The van der Waals surface area contributed by atoms with Gasteiger partial charge in [-0.3, -0.25) is 9.59 Å². The Hall–Kier alpha value is -2.82. The highest BCUT2D eigenvalue weighted by atomic mass is 16.5. The SMILES string of the molecule is COc1ccc(C(=O)Nc2ccc(OC)cc2C(C)=O)cc1. The molecule has 0 radical (unpaired) electrons. The lowest BCUT2D eigenvalue weighted by molar-refractivity contribution is 0.101. The number of ketones is 1. The number of methoxy groups -OCH3 is 2. The second kappa shape index (κ2) is 6.76. The number of Topliss-reactive ketones (excluding diaryl/α,β-unsaturated/α-hetero) is 1. The van der Waals surface area contributed by atoms with E-state index in [1.165, 1.54) is 14.0 Å². The third-order valence-electron chi connectivity index (χ3n) is 3.21. The highest BCUT2D eigenvalue weighted by Gasteiger charge is 2.13. The molecule has 0 saturated heterocycles. The summed E-state index contributed by atoms with van der Waals surface area (Å²) in [5, 5.41) is 2.74. The number of amides is 1. The number of nitrogens with one attached hydrogen (secondary N) is 1. The maximum absolute atomic E-state index is 12.2. The van der Waals surface area contributed by atoms with Crippen molar-refractivity contribution in [3.8, 4) is 11.5 Å². The Kier molecular flexibility index (Phi) is 4.78. The van der Waals surface area contributed by atoms with Crippen molar-refractivity contribution in [3.63, 3.8) is 0 Å². The van der Waals surface area contributed by atoms with E-state index < -0.39 is 0 Å².